The molecule has 0 spiro atoms. The van der Waals surface area contributed by atoms with E-state index in [0.717, 1.165) is 30.5 Å². The molecular weight excluding hydrogens is 366 g/mol. The number of aliphatic hydroxyl groups excluding tert-OH is 1. The first-order valence-corrected chi connectivity index (χ1v) is 9.06. The first kappa shape index (κ1) is 14.9. The van der Waals surface area contributed by atoms with Crippen LogP contribution in [0.15, 0.2) is 45.6 Å². The van der Waals surface area contributed by atoms with Gasteiger partial charge in [-0.3, -0.25) is 0 Å². The first-order chi connectivity index (χ1) is 10.1. The molecule has 0 radical (unpaired) electrons. The fraction of sp³-hybridized carbons (Fsp3) is 0.188. The topological polar surface area (TPSA) is 33.1 Å². The Morgan fingerprint density at radius 1 is 1.29 bits per heavy atom. The zero-order chi connectivity index (χ0) is 14.8. The molecule has 1 unspecified atom stereocenters. The van der Waals surface area contributed by atoms with Crippen molar-refractivity contribution in [3.8, 4) is 11.3 Å². The molecule has 5 heteroatoms. The molecule has 1 aromatic carbocycles. The van der Waals surface area contributed by atoms with E-state index in [-0.39, 0.29) is 0 Å². The predicted octanol–water partition coefficient (Wildman–Crippen LogP) is 5.22. The van der Waals surface area contributed by atoms with Crippen molar-refractivity contribution >= 4 is 38.6 Å². The number of aromatic nitrogens is 1. The highest BCUT2D eigenvalue weighted by atomic mass is 79.9. The molecule has 3 rings (SSSR count). The number of hydrogen-bond donors (Lipinski definition) is 1. The summed E-state index contributed by atoms with van der Waals surface area (Å²) in [6.07, 6.45) is 0.0685. The van der Waals surface area contributed by atoms with Gasteiger partial charge in [-0.05, 0) is 34.5 Å². The summed E-state index contributed by atoms with van der Waals surface area (Å²) >= 11 is 6.69. The zero-order valence-corrected chi connectivity index (χ0v) is 14.6. The number of nitrogens with zero attached hydrogens (tertiary/aromatic N) is 1. The number of aryl methyl sites for hydroxylation is 1. The van der Waals surface area contributed by atoms with Crippen LogP contribution in [0.4, 0.5) is 0 Å². The van der Waals surface area contributed by atoms with Gasteiger partial charge in [-0.1, -0.05) is 30.3 Å². The number of benzene rings is 1. The molecule has 0 bridgehead atoms. The molecule has 2 nitrogen and oxygen atoms in total. The molecule has 1 atom stereocenters. The van der Waals surface area contributed by atoms with Crippen molar-refractivity contribution in [1.82, 2.24) is 4.98 Å². The minimum atomic E-state index is -0.491. The van der Waals surface area contributed by atoms with Crippen LogP contribution in [-0.2, 0) is 6.42 Å². The maximum atomic E-state index is 10.3. The molecule has 1 N–H and O–H groups in total. The smallest absolute Gasteiger partial charge is 0.0962 e. The van der Waals surface area contributed by atoms with E-state index in [0.29, 0.717) is 6.42 Å². The van der Waals surface area contributed by atoms with Crippen molar-refractivity contribution in [2.24, 2.45) is 0 Å². The zero-order valence-electron chi connectivity index (χ0n) is 11.4. The fourth-order valence-electron chi connectivity index (χ4n) is 2.06. The standard InChI is InChI=1S/C16H14BrNOS2/c1-10-7-14(21-16(10)17)13(19)8-15-18-12(9-20-15)11-5-3-2-4-6-11/h2-7,9,13,19H,8H2,1H3. The number of hydrogen-bond acceptors (Lipinski definition) is 4. The van der Waals surface area contributed by atoms with E-state index in [2.05, 4.69) is 33.0 Å². The van der Waals surface area contributed by atoms with E-state index in [1.165, 1.54) is 0 Å². The molecule has 2 aromatic heterocycles. The Hall–Kier alpha value is -1.01. The Balaban J connectivity index is 1.75. The predicted molar refractivity (Wildman–Crippen MR) is 93.0 cm³/mol. The van der Waals surface area contributed by atoms with Crippen LogP contribution in [0, 0.1) is 6.92 Å². The van der Waals surface area contributed by atoms with Gasteiger partial charge in [-0.15, -0.1) is 22.7 Å². The second-order valence-electron chi connectivity index (χ2n) is 4.82. The lowest BCUT2D eigenvalue weighted by molar-refractivity contribution is 0.182. The molecule has 0 aliphatic rings. The van der Waals surface area contributed by atoms with Gasteiger partial charge in [0.2, 0.25) is 0 Å². The molecule has 3 aromatic rings. The van der Waals surface area contributed by atoms with E-state index >= 15 is 0 Å². The maximum absolute atomic E-state index is 10.3. The summed E-state index contributed by atoms with van der Waals surface area (Å²) in [5.74, 6) is 0. The highest BCUT2D eigenvalue weighted by molar-refractivity contribution is 9.11. The van der Waals surface area contributed by atoms with Crippen LogP contribution < -0.4 is 0 Å². The van der Waals surface area contributed by atoms with E-state index in [1.807, 2.05) is 36.6 Å². The monoisotopic (exact) mass is 379 g/mol. The van der Waals surface area contributed by atoms with E-state index in [9.17, 15) is 5.11 Å². The van der Waals surface area contributed by atoms with Gasteiger partial charge < -0.3 is 5.11 Å². The number of aliphatic hydroxyl groups is 1. The van der Waals surface area contributed by atoms with Gasteiger partial charge in [0.25, 0.3) is 0 Å². The minimum absolute atomic E-state index is 0.491. The normalized spacial score (nSPS) is 12.5. The molecule has 0 fully saturated rings. The van der Waals surface area contributed by atoms with Crippen LogP contribution in [0.25, 0.3) is 11.3 Å². The summed E-state index contributed by atoms with van der Waals surface area (Å²) in [5.41, 5.74) is 3.26. The third kappa shape index (κ3) is 3.43. The van der Waals surface area contributed by atoms with Gasteiger partial charge in [0.15, 0.2) is 0 Å². The molecule has 2 heterocycles. The molecule has 0 aliphatic heterocycles. The number of halogens is 1. The van der Waals surface area contributed by atoms with Crippen LogP contribution in [0.1, 0.15) is 21.6 Å². The third-order valence-electron chi connectivity index (χ3n) is 3.19. The second-order valence-corrected chi connectivity index (χ2v) is 8.16. The fourth-order valence-corrected chi connectivity index (χ4v) is 4.46. The van der Waals surface area contributed by atoms with E-state index in [1.54, 1.807) is 22.7 Å². The van der Waals surface area contributed by atoms with Crippen LogP contribution in [0.3, 0.4) is 0 Å². The van der Waals surface area contributed by atoms with Gasteiger partial charge in [0.05, 0.1) is 20.6 Å². The van der Waals surface area contributed by atoms with E-state index in [4.69, 9.17) is 0 Å². The number of rotatable bonds is 4. The summed E-state index contributed by atoms with van der Waals surface area (Å²) in [7, 11) is 0. The van der Waals surface area contributed by atoms with Crippen LogP contribution in [0.2, 0.25) is 0 Å². The highest BCUT2D eigenvalue weighted by Gasteiger charge is 2.15. The molecule has 0 aliphatic carbocycles. The maximum Gasteiger partial charge on any atom is 0.0962 e. The summed E-state index contributed by atoms with van der Waals surface area (Å²) in [4.78, 5) is 5.61. The lowest BCUT2D eigenvalue weighted by Crippen LogP contribution is -1.99. The Bertz CT molecular complexity index is 716. The van der Waals surface area contributed by atoms with Crippen molar-refractivity contribution in [3.63, 3.8) is 0 Å². The highest BCUT2D eigenvalue weighted by Crippen LogP contribution is 2.33. The SMILES string of the molecule is Cc1cc(C(O)Cc2nc(-c3ccccc3)cs2)sc1Br. The Morgan fingerprint density at radius 3 is 2.71 bits per heavy atom. The molecule has 21 heavy (non-hydrogen) atoms. The van der Waals surface area contributed by atoms with Gasteiger partial charge in [0, 0.05) is 22.2 Å². The molecule has 0 saturated carbocycles. The summed E-state index contributed by atoms with van der Waals surface area (Å²) in [6.45, 7) is 2.04. The van der Waals surface area contributed by atoms with Crippen molar-refractivity contribution in [3.05, 3.63) is 61.0 Å². The van der Waals surface area contributed by atoms with Crippen molar-refractivity contribution < 1.29 is 5.11 Å². The van der Waals surface area contributed by atoms with Gasteiger partial charge >= 0.3 is 0 Å². The second kappa shape index (κ2) is 6.40. The largest absolute Gasteiger partial charge is 0.387 e. The molecular formula is C16H14BrNOS2. The molecule has 0 saturated heterocycles. The van der Waals surface area contributed by atoms with Crippen LogP contribution in [-0.4, -0.2) is 10.1 Å². The summed E-state index contributed by atoms with van der Waals surface area (Å²) in [5, 5.41) is 13.4. The Morgan fingerprint density at radius 2 is 2.05 bits per heavy atom. The molecule has 0 amide bonds. The first-order valence-electron chi connectivity index (χ1n) is 6.57. The summed E-state index contributed by atoms with van der Waals surface area (Å²) < 4.78 is 1.08. The third-order valence-corrected chi connectivity index (χ3v) is 6.30. The van der Waals surface area contributed by atoms with E-state index < -0.39 is 6.10 Å². The summed E-state index contributed by atoms with van der Waals surface area (Å²) in [6, 6.07) is 12.1. The average Bonchev–Trinajstić information content (AvgIpc) is 3.08. The van der Waals surface area contributed by atoms with Gasteiger partial charge in [-0.2, -0.15) is 0 Å². The Kier molecular flexibility index (Phi) is 4.54. The van der Waals surface area contributed by atoms with Gasteiger partial charge in [0.1, 0.15) is 0 Å². The van der Waals surface area contributed by atoms with Crippen LogP contribution in [0.5, 0.6) is 0 Å². The average molecular weight is 380 g/mol. The number of thiophene rings is 1. The lowest BCUT2D eigenvalue weighted by atomic mass is 10.2. The van der Waals surface area contributed by atoms with Crippen molar-refractivity contribution in [2.45, 2.75) is 19.4 Å². The lowest BCUT2D eigenvalue weighted by Gasteiger charge is -2.05. The Labute approximate surface area is 140 Å². The van der Waals surface area contributed by atoms with Crippen molar-refractivity contribution in [1.29, 1.82) is 0 Å². The number of thiazole rings is 1. The van der Waals surface area contributed by atoms with Gasteiger partial charge in [-0.25, -0.2) is 4.98 Å². The van der Waals surface area contributed by atoms with Crippen molar-refractivity contribution in [2.75, 3.05) is 0 Å². The van der Waals surface area contributed by atoms with Crippen LogP contribution >= 0.6 is 38.6 Å². The quantitative estimate of drug-likeness (QED) is 0.673. The molecule has 108 valence electrons. The minimum Gasteiger partial charge on any atom is -0.387 e.